The SMILES string of the molecule is CCCc1cccc(C2CC(=O)Cc3cc(C)c(C)cc3N2)c1. The van der Waals surface area contributed by atoms with Crippen molar-refractivity contribution in [3.63, 3.8) is 0 Å². The van der Waals surface area contributed by atoms with Crippen molar-refractivity contribution in [2.45, 2.75) is 52.5 Å². The van der Waals surface area contributed by atoms with Crippen LogP contribution in [0.4, 0.5) is 5.69 Å². The summed E-state index contributed by atoms with van der Waals surface area (Å²) in [5.74, 6) is 0.311. The van der Waals surface area contributed by atoms with Crippen molar-refractivity contribution in [3.05, 3.63) is 64.2 Å². The normalized spacial score (nSPS) is 17.3. The molecule has 120 valence electrons. The fraction of sp³-hybridized carbons (Fsp3) is 0.381. The molecule has 3 rings (SSSR count). The third kappa shape index (κ3) is 3.47. The highest BCUT2D eigenvalue weighted by Gasteiger charge is 2.23. The smallest absolute Gasteiger partial charge is 0.139 e. The topological polar surface area (TPSA) is 29.1 Å². The maximum Gasteiger partial charge on any atom is 0.139 e. The average molecular weight is 307 g/mol. The van der Waals surface area contributed by atoms with E-state index < -0.39 is 0 Å². The van der Waals surface area contributed by atoms with Gasteiger partial charge in [-0.3, -0.25) is 4.79 Å². The third-order valence-corrected chi connectivity index (χ3v) is 4.76. The molecule has 2 heteroatoms. The monoisotopic (exact) mass is 307 g/mol. The van der Waals surface area contributed by atoms with Crippen molar-refractivity contribution in [3.8, 4) is 0 Å². The number of ketones is 1. The van der Waals surface area contributed by atoms with Crippen LogP contribution in [0.25, 0.3) is 0 Å². The van der Waals surface area contributed by atoms with E-state index in [1.54, 1.807) is 0 Å². The first-order valence-electron chi connectivity index (χ1n) is 8.54. The quantitative estimate of drug-likeness (QED) is 0.871. The number of carbonyl (C=O) groups is 1. The number of hydrogen-bond acceptors (Lipinski definition) is 2. The Hall–Kier alpha value is -2.09. The summed E-state index contributed by atoms with van der Waals surface area (Å²) in [6.45, 7) is 6.43. The molecule has 1 atom stereocenters. The van der Waals surface area contributed by atoms with Gasteiger partial charge in [0.05, 0.1) is 6.04 Å². The van der Waals surface area contributed by atoms with Gasteiger partial charge in [0.15, 0.2) is 0 Å². The van der Waals surface area contributed by atoms with Crippen LogP contribution in [0.1, 0.15) is 53.6 Å². The number of benzene rings is 2. The summed E-state index contributed by atoms with van der Waals surface area (Å²) in [7, 11) is 0. The molecule has 2 aromatic carbocycles. The van der Waals surface area contributed by atoms with Crippen LogP contribution in [-0.4, -0.2) is 5.78 Å². The number of rotatable bonds is 3. The number of hydrogen-bond donors (Lipinski definition) is 1. The highest BCUT2D eigenvalue weighted by Crippen LogP contribution is 2.32. The van der Waals surface area contributed by atoms with E-state index in [4.69, 9.17) is 0 Å². The molecule has 0 spiro atoms. The van der Waals surface area contributed by atoms with E-state index in [-0.39, 0.29) is 6.04 Å². The molecule has 1 heterocycles. The van der Waals surface area contributed by atoms with Crippen molar-refractivity contribution >= 4 is 11.5 Å². The van der Waals surface area contributed by atoms with Gasteiger partial charge in [-0.05, 0) is 54.2 Å². The van der Waals surface area contributed by atoms with E-state index >= 15 is 0 Å². The van der Waals surface area contributed by atoms with Crippen LogP contribution in [0.5, 0.6) is 0 Å². The second kappa shape index (κ2) is 6.57. The Balaban J connectivity index is 1.95. The van der Waals surface area contributed by atoms with Gasteiger partial charge in [0.2, 0.25) is 0 Å². The van der Waals surface area contributed by atoms with Gasteiger partial charge in [-0.2, -0.15) is 0 Å². The van der Waals surface area contributed by atoms with Crippen molar-refractivity contribution < 1.29 is 4.79 Å². The van der Waals surface area contributed by atoms with E-state index in [0.717, 1.165) is 24.1 Å². The predicted molar refractivity (Wildman–Crippen MR) is 96.0 cm³/mol. The molecule has 1 aliphatic heterocycles. The average Bonchev–Trinajstić information content (AvgIpc) is 2.67. The summed E-state index contributed by atoms with van der Waals surface area (Å²) in [5.41, 5.74) is 7.33. The zero-order chi connectivity index (χ0) is 16.4. The molecule has 0 aliphatic carbocycles. The number of carbonyl (C=O) groups excluding carboxylic acids is 1. The number of aryl methyl sites for hydroxylation is 3. The molecule has 0 fully saturated rings. The van der Waals surface area contributed by atoms with Gasteiger partial charge >= 0.3 is 0 Å². The summed E-state index contributed by atoms with van der Waals surface area (Å²) in [5, 5.41) is 3.62. The first-order valence-corrected chi connectivity index (χ1v) is 8.54. The molecule has 2 aromatic rings. The van der Waals surface area contributed by atoms with Crippen LogP contribution in [0, 0.1) is 13.8 Å². The van der Waals surface area contributed by atoms with Gasteiger partial charge < -0.3 is 5.32 Å². The van der Waals surface area contributed by atoms with Crippen molar-refractivity contribution in [1.82, 2.24) is 0 Å². The standard InChI is InChI=1S/C21H25NO/c1-4-6-16-7-5-8-17(11-16)21-13-19(23)12-18-9-14(2)15(3)10-20(18)22-21/h5,7-11,21-22H,4,6,12-13H2,1-3H3. The van der Waals surface area contributed by atoms with Crippen molar-refractivity contribution in [1.29, 1.82) is 0 Å². The summed E-state index contributed by atoms with van der Waals surface area (Å²) in [6, 6.07) is 13.1. The molecule has 0 radical (unpaired) electrons. The Morgan fingerprint density at radius 3 is 2.70 bits per heavy atom. The number of fused-ring (bicyclic) bond motifs is 1. The van der Waals surface area contributed by atoms with Gasteiger partial charge in [0.25, 0.3) is 0 Å². The van der Waals surface area contributed by atoms with E-state index in [9.17, 15) is 4.79 Å². The summed E-state index contributed by atoms with van der Waals surface area (Å²) in [4.78, 5) is 12.4. The molecule has 0 saturated carbocycles. The van der Waals surface area contributed by atoms with Crippen LogP contribution in [0.2, 0.25) is 0 Å². The van der Waals surface area contributed by atoms with Crippen LogP contribution < -0.4 is 5.32 Å². The van der Waals surface area contributed by atoms with Gasteiger partial charge in [0.1, 0.15) is 5.78 Å². The number of anilines is 1. The Morgan fingerprint density at radius 2 is 1.91 bits per heavy atom. The number of nitrogens with one attached hydrogen (secondary N) is 1. The lowest BCUT2D eigenvalue weighted by Gasteiger charge is -2.19. The van der Waals surface area contributed by atoms with Gasteiger partial charge in [0, 0.05) is 18.5 Å². The minimum Gasteiger partial charge on any atom is -0.378 e. The molecule has 0 bridgehead atoms. The molecular formula is C21H25NO. The lowest BCUT2D eigenvalue weighted by molar-refractivity contribution is -0.118. The summed E-state index contributed by atoms with van der Waals surface area (Å²) >= 11 is 0. The van der Waals surface area contributed by atoms with Gasteiger partial charge in [-0.25, -0.2) is 0 Å². The van der Waals surface area contributed by atoms with Crippen molar-refractivity contribution in [2.75, 3.05) is 5.32 Å². The molecule has 2 nitrogen and oxygen atoms in total. The van der Waals surface area contributed by atoms with Crippen LogP contribution >= 0.6 is 0 Å². The van der Waals surface area contributed by atoms with E-state index in [2.05, 4.69) is 62.5 Å². The van der Waals surface area contributed by atoms with Gasteiger partial charge in [-0.1, -0.05) is 43.7 Å². The highest BCUT2D eigenvalue weighted by atomic mass is 16.1. The molecule has 1 N–H and O–H groups in total. The fourth-order valence-corrected chi connectivity index (χ4v) is 3.36. The molecule has 0 saturated heterocycles. The van der Waals surface area contributed by atoms with E-state index in [1.165, 1.54) is 22.3 Å². The Bertz CT molecular complexity index is 733. The van der Waals surface area contributed by atoms with Crippen LogP contribution in [0.15, 0.2) is 36.4 Å². The van der Waals surface area contributed by atoms with Crippen molar-refractivity contribution in [2.24, 2.45) is 0 Å². The number of Topliss-reactive ketones (excluding diaryl/α,β-unsaturated/α-hetero) is 1. The highest BCUT2D eigenvalue weighted by molar-refractivity contribution is 5.85. The van der Waals surface area contributed by atoms with Gasteiger partial charge in [-0.15, -0.1) is 0 Å². The zero-order valence-electron chi connectivity index (χ0n) is 14.3. The molecule has 1 unspecified atom stereocenters. The molecule has 0 amide bonds. The first-order chi connectivity index (χ1) is 11.1. The second-order valence-electron chi connectivity index (χ2n) is 6.71. The predicted octanol–water partition coefficient (Wildman–Crippen LogP) is 4.92. The summed E-state index contributed by atoms with van der Waals surface area (Å²) in [6.07, 6.45) is 3.32. The molecule has 1 aliphatic rings. The molecule has 0 aromatic heterocycles. The largest absolute Gasteiger partial charge is 0.378 e. The third-order valence-electron chi connectivity index (χ3n) is 4.76. The zero-order valence-corrected chi connectivity index (χ0v) is 14.3. The van der Waals surface area contributed by atoms with Crippen LogP contribution in [0.3, 0.4) is 0 Å². The molecular weight excluding hydrogens is 282 g/mol. The summed E-state index contributed by atoms with van der Waals surface area (Å²) < 4.78 is 0. The second-order valence-corrected chi connectivity index (χ2v) is 6.71. The minimum atomic E-state index is 0.0719. The van der Waals surface area contributed by atoms with E-state index in [0.29, 0.717) is 18.6 Å². The minimum absolute atomic E-state index is 0.0719. The lowest BCUT2D eigenvalue weighted by atomic mass is 9.97. The van der Waals surface area contributed by atoms with E-state index in [1.807, 2.05) is 0 Å². The Morgan fingerprint density at radius 1 is 1.13 bits per heavy atom. The Labute approximate surface area is 138 Å². The molecule has 23 heavy (non-hydrogen) atoms. The fourth-order valence-electron chi connectivity index (χ4n) is 3.36. The van der Waals surface area contributed by atoms with Crippen LogP contribution in [-0.2, 0) is 17.6 Å². The maximum absolute atomic E-state index is 12.4. The lowest BCUT2D eigenvalue weighted by Crippen LogP contribution is -2.13. The maximum atomic E-state index is 12.4. The Kier molecular flexibility index (Phi) is 4.51. The first kappa shape index (κ1) is 15.8.